The van der Waals surface area contributed by atoms with Gasteiger partial charge < -0.3 is 0 Å². The first kappa shape index (κ1) is 20.9. The quantitative estimate of drug-likeness (QED) is 0.409. The molecule has 0 aromatic heterocycles. The predicted molar refractivity (Wildman–Crippen MR) is 137 cm³/mol. The van der Waals surface area contributed by atoms with Crippen LogP contribution in [0, 0.1) is 27.7 Å². The van der Waals surface area contributed by atoms with Gasteiger partial charge in [-0.3, -0.25) is 4.99 Å². The van der Waals surface area contributed by atoms with Crippen molar-refractivity contribution in [1.29, 1.82) is 0 Å². The number of fused-ring (bicyclic) bond motifs is 3. The fraction of sp³-hybridized carbons (Fsp3) is 0.323. The lowest BCUT2D eigenvalue weighted by molar-refractivity contribution is 0.330. The Labute approximate surface area is 192 Å². The Morgan fingerprint density at radius 1 is 0.719 bits per heavy atom. The van der Waals surface area contributed by atoms with Crippen LogP contribution >= 0.6 is 0 Å². The molecule has 1 atom stereocenters. The molecular formula is C31H33N. The summed E-state index contributed by atoms with van der Waals surface area (Å²) in [5, 5.41) is 0. The Hall–Kier alpha value is -2.93. The largest absolute Gasteiger partial charge is 0.259 e. The van der Waals surface area contributed by atoms with Gasteiger partial charge in [0.25, 0.3) is 0 Å². The zero-order chi connectivity index (χ0) is 22.7. The summed E-state index contributed by atoms with van der Waals surface area (Å²) in [6, 6.07) is 22.7. The SMILES string of the molecule is CCC1(CC)c2c(C)cccc2C2=NC=C(c3ccccc3C)C21c1cc(C)cc(C)c1. The zero-order valence-corrected chi connectivity index (χ0v) is 20.2. The Morgan fingerprint density at radius 2 is 1.34 bits per heavy atom. The van der Waals surface area contributed by atoms with Gasteiger partial charge in [-0.25, -0.2) is 0 Å². The number of allylic oxidation sites excluding steroid dienone is 1. The standard InChI is InChI=1S/C31H33N/c1-7-30(8-2)28-23(6)13-11-15-26(28)29-31(30,24-17-20(3)16-21(4)18-24)27(19-32-29)25-14-10-9-12-22(25)5/h9-19H,7-8H2,1-6H3. The van der Waals surface area contributed by atoms with Gasteiger partial charge in [0.05, 0.1) is 11.1 Å². The third kappa shape index (κ3) is 2.48. The van der Waals surface area contributed by atoms with Crippen LogP contribution in [0.3, 0.4) is 0 Å². The second-order valence-electron chi connectivity index (χ2n) is 9.75. The summed E-state index contributed by atoms with van der Waals surface area (Å²) in [6.07, 6.45) is 4.31. The van der Waals surface area contributed by atoms with Crippen LogP contribution in [-0.2, 0) is 10.8 Å². The molecule has 1 aliphatic carbocycles. The molecule has 1 unspecified atom stereocenters. The number of hydrogen-bond acceptors (Lipinski definition) is 1. The van der Waals surface area contributed by atoms with Crippen LogP contribution in [0.25, 0.3) is 5.57 Å². The van der Waals surface area contributed by atoms with Crippen LogP contribution in [0.1, 0.15) is 71.2 Å². The van der Waals surface area contributed by atoms with Crippen molar-refractivity contribution in [3.05, 3.63) is 111 Å². The Bertz CT molecular complexity index is 1270. The van der Waals surface area contributed by atoms with Crippen molar-refractivity contribution in [2.45, 2.75) is 65.2 Å². The number of benzene rings is 3. The number of nitrogens with zero attached hydrogens (tertiary/aromatic N) is 1. The molecule has 3 aromatic rings. The van der Waals surface area contributed by atoms with Crippen LogP contribution < -0.4 is 0 Å². The average Bonchev–Trinajstić information content (AvgIpc) is 3.27. The van der Waals surface area contributed by atoms with E-state index in [1.54, 1.807) is 0 Å². The van der Waals surface area contributed by atoms with E-state index in [0.717, 1.165) is 12.8 Å². The highest BCUT2D eigenvalue weighted by Gasteiger charge is 2.64. The Morgan fingerprint density at radius 3 is 2.00 bits per heavy atom. The molecule has 0 spiro atoms. The van der Waals surface area contributed by atoms with Crippen molar-refractivity contribution in [3.8, 4) is 0 Å². The van der Waals surface area contributed by atoms with Crippen LogP contribution in [0.4, 0.5) is 0 Å². The van der Waals surface area contributed by atoms with E-state index in [1.807, 2.05) is 0 Å². The molecule has 0 radical (unpaired) electrons. The second-order valence-corrected chi connectivity index (χ2v) is 9.75. The summed E-state index contributed by atoms with van der Waals surface area (Å²) < 4.78 is 0. The molecule has 2 aliphatic rings. The van der Waals surface area contributed by atoms with Gasteiger partial charge in [-0.1, -0.05) is 85.6 Å². The van der Waals surface area contributed by atoms with Gasteiger partial charge >= 0.3 is 0 Å². The Balaban J connectivity index is 1.96. The van der Waals surface area contributed by atoms with Crippen LogP contribution in [0.2, 0.25) is 0 Å². The molecule has 0 fully saturated rings. The lowest BCUT2D eigenvalue weighted by Crippen LogP contribution is -2.49. The maximum Gasteiger partial charge on any atom is 0.0747 e. The minimum absolute atomic E-state index is 0.0443. The summed E-state index contributed by atoms with van der Waals surface area (Å²) in [6.45, 7) is 13.7. The van der Waals surface area contributed by atoms with Crippen molar-refractivity contribution in [1.82, 2.24) is 0 Å². The van der Waals surface area contributed by atoms with Crippen molar-refractivity contribution in [2.24, 2.45) is 4.99 Å². The first-order valence-electron chi connectivity index (χ1n) is 11.9. The number of rotatable bonds is 4. The van der Waals surface area contributed by atoms with E-state index in [-0.39, 0.29) is 10.8 Å². The molecule has 0 saturated carbocycles. The van der Waals surface area contributed by atoms with E-state index in [0.29, 0.717) is 0 Å². The highest BCUT2D eigenvalue weighted by atomic mass is 14.8. The van der Waals surface area contributed by atoms with Crippen molar-refractivity contribution < 1.29 is 0 Å². The van der Waals surface area contributed by atoms with Gasteiger partial charge in [0, 0.05) is 17.2 Å². The predicted octanol–water partition coefficient (Wildman–Crippen LogP) is 7.77. The maximum atomic E-state index is 5.23. The number of aliphatic imine (C=N–C) groups is 1. The summed E-state index contributed by atoms with van der Waals surface area (Å²) in [7, 11) is 0. The molecule has 1 aliphatic heterocycles. The highest BCUT2D eigenvalue weighted by molar-refractivity contribution is 6.24. The third-order valence-electron chi connectivity index (χ3n) is 8.10. The minimum Gasteiger partial charge on any atom is -0.259 e. The topological polar surface area (TPSA) is 12.4 Å². The number of aryl methyl sites for hydroxylation is 4. The molecule has 0 bridgehead atoms. The summed E-state index contributed by atoms with van der Waals surface area (Å²) in [5.74, 6) is 0. The summed E-state index contributed by atoms with van der Waals surface area (Å²) in [4.78, 5) is 5.23. The lowest BCUT2D eigenvalue weighted by atomic mass is 9.53. The molecule has 0 N–H and O–H groups in total. The molecule has 1 heteroatoms. The normalized spacial score (nSPS) is 20.6. The fourth-order valence-electron chi connectivity index (χ4n) is 6.93. The van der Waals surface area contributed by atoms with Gasteiger partial charge in [-0.05, 0) is 73.9 Å². The highest BCUT2D eigenvalue weighted by Crippen LogP contribution is 2.65. The van der Waals surface area contributed by atoms with Gasteiger partial charge in [0.1, 0.15) is 0 Å². The third-order valence-corrected chi connectivity index (χ3v) is 8.10. The smallest absolute Gasteiger partial charge is 0.0747 e. The van der Waals surface area contributed by atoms with E-state index >= 15 is 0 Å². The lowest BCUT2D eigenvalue weighted by Gasteiger charge is -2.47. The average molecular weight is 420 g/mol. The summed E-state index contributed by atoms with van der Waals surface area (Å²) in [5.41, 5.74) is 13.2. The molecule has 0 amide bonds. The van der Waals surface area contributed by atoms with Gasteiger partial charge in [0.2, 0.25) is 0 Å². The van der Waals surface area contributed by atoms with Crippen LogP contribution in [-0.4, -0.2) is 5.71 Å². The molecular weight excluding hydrogens is 386 g/mol. The molecule has 32 heavy (non-hydrogen) atoms. The first-order valence-corrected chi connectivity index (χ1v) is 11.9. The first-order chi connectivity index (χ1) is 15.4. The van der Waals surface area contributed by atoms with Gasteiger partial charge in [-0.15, -0.1) is 0 Å². The van der Waals surface area contributed by atoms with E-state index < -0.39 is 0 Å². The zero-order valence-electron chi connectivity index (χ0n) is 20.2. The molecule has 5 rings (SSSR count). The van der Waals surface area contributed by atoms with E-state index in [9.17, 15) is 0 Å². The maximum absolute atomic E-state index is 5.23. The van der Waals surface area contributed by atoms with Gasteiger partial charge in [0.15, 0.2) is 0 Å². The van der Waals surface area contributed by atoms with Crippen molar-refractivity contribution in [3.63, 3.8) is 0 Å². The van der Waals surface area contributed by atoms with Crippen molar-refractivity contribution in [2.75, 3.05) is 0 Å². The molecule has 162 valence electrons. The Kier molecular flexibility index (Phi) is 4.78. The van der Waals surface area contributed by atoms with E-state index in [4.69, 9.17) is 4.99 Å². The number of hydrogen-bond donors (Lipinski definition) is 0. The summed E-state index contributed by atoms with van der Waals surface area (Å²) >= 11 is 0. The molecule has 0 saturated heterocycles. The van der Waals surface area contributed by atoms with Crippen molar-refractivity contribution >= 4 is 11.3 Å². The van der Waals surface area contributed by atoms with Gasteiger partial charge in [-0.2, -0.15) is 0 Å². The fourth-order valence-corrected chi connectivity index (χ4v) is 6.93. The van der Waals surface area contributed by atoms with Crippen LogP contribution in [0.15, 0.2) is 71.9 Å². The molecule has 1 nitrogen and oxygen atoms in total. The van der Waals surface area contributed by atoms with E-state index in [2.05, 4.69) is 108 Å². The second kappa shape index (κ2) is 7.30. The molecule has 3 aromatic carbocycles. The monoisotopic (exact) mass is 419 g/mol. The van der Waals surface area contributed by atoms with Crippen LogP contribution in [0.5, 0.6) is 0 Å². The minimum atomic E-state index is -0.284. The van der Waals surface area contributed by atoms with E-state index in [1.165, 1.54) is 55.8 Å². The molecule has 1 heterocycles.